The molecule has 2 rings (SSSR count). The van der Waals surface area contributed by atoms with E-state index in [4.69, 9.17) is 11.5 Å². The number of anilines is 1. The zero-order valence-electron chi connectivity index (χ0n) is 6.68. The number of hydrogen-bond donors (Lipinski definition) is 2. The molecule has 1 aliphatic carbocycles. The third-order valence-corrected chi connectivity index (χ3v) is 2.36. The molecule has 0 amide bonds. The minimum absolute atomic E-state index is 0.000556. The molecular formula is C9H11FN2. The van der Waals surface area contributed by atoms with E-state index in [1.807, 2.05) is 0 Å². The lowest BCUT2D eigenvalue weighted by atomic mass is 10.1. The van der Waals surface area contributed by atoms with E-state index in [0.29, 0.717) is 5.69 Å². The van der Waals surface area contributed by atoms with Crippen molar-refractivity contribution in [2.75, 3.05) is 5.73 Å². The number of halogens is 1. The molecule has 12 heavy (non-hydrogen) atoms. The molecule has 0 aliphatic heterocycles. The molecule has 1 aromatic rings. The van der Waals surface area contributed by atoms with Gasteiger partial charge in [-0.1, -0.05) is 0 Å². The van der Waals surface area contributed by atoms with Gasteiger partial charge in [0.15, 0.2) is 0 Å². The molecule has 0 saturated carbocycles. The van der Waals surface area contributed by atoms with Gasteiger partial charge in [0.05, 0.1) is 0 Å². The highest BCUT2D eigenvalue weighted by Gasteiger charge is 2.21. The van der Waals surface area contributed by atoms with Crippen LogP contribution in [0.2, 0.25) is 0 Å². The molecule has 0 unspecified atom stereocenters. The lowest BCUT2D eigenvalue weighted by Crippen LogP contribution is -2.08. The Labute approximate surface area is 70.4 Å². The molecule has 0 spiro atoms. The summed E-state index contributed by atoms with van der Waals surface area (Å²) < 4.78 is 12.8. The van der Waals surface area contributed by atoms with Gasteiger partial charge in [0, 0.05) is 11.7 Å². The van der Waals surface area contributed by atoms with E-state index in [0.717, 1.165) is 24.0 Å². The van der Waals surface area contributed by atoms with Gasteiger partial charge in [-0.15, -0.1) is 0 Å². The summed E-state index contributed by atoms with van der Waals surface area (Å²) >= 11 is 0. The molecule has 2 nitrogen and oxygen atoms in total. The number of nitrogens with two attached hydrogens (primary N) is 2. The van der Waals surface area contributed by atoms with Crippen molar-refractivity contribution in [2.24, 2.45) is 5.73 Å². The minimum atomic E-state index is -0.264. The van der Waals surface area contributed by atoms with Crippen LogP contribution in [0.1, 0.15) is 23.6 Å². The Morgan fingerprint density at radius 3 is 2.92 bits per heavy atom. The fraction of sp³-hybridized carbons (Fsp3) is 0.333. The van der Waals surface area contributed by atoms with Crippen LogP contribution in [-0.4, -0.2) is 0 Å². The first-order chi connectivity index (χ1) is 5.68. The number of fused-ring (bicyclic) bond motifs is 1. The van der Waals surface area contributed by atoms with E-state index in [9.17, 15) is 4.39 Å². The fourth-order valence-electron chi connectivity index (χ4n) is 1.81. The van der Waals surface area contributed by atoms with Crippen molar-refractivity contribution in [1.29, 1.82) is 0 Å². The molecule has 64 valence electrons. The predicted molar refractivity (Wildman–Crippen MR) is 46.1 cm³/mol. The minimum Gasteiger partial charge on any atom is -0.398 e. The van der Waals surface area contributed by atoms with E-state index >= 15 is 0 Å². The highest BCUT2D eigenvalue weighted by atomic mass is 19.1. The molecular weight excluding hydrogens is 155 g/mol. The molecule has 1 aromatic carbocycles. The summed E-state index contributed by atoms with van der Waals surface area (Å²) in [7, 11) is 0. The van der Waals surface area contributed by atoms with Crippen molar-refractivity contribution in [3.05, 3.63) is 29.1 Å². The van der Waals surface area contributed by atoms with Crippen molar-refractivity contribution < 1.29 is 4.39 Å². The Hall–Kier alpha value is -1.09. The van der Waals surface area contributed by atoms with Crippen molar-refractivity contribution in [1.82, 2.24) is 0 Å². The van der Waals surface area contributed by atoms with Gasteiger partial charge in [-0.25, -0.2) is 4.39 Å². The summed E-state index contributed by atoms with van der Waals surface area (Å²) in [6.07, 6.45) is 1.72. The summed E-state index contributed by atoms with van der Waals surface area (Å²) in [5.74, 6) is -0.264. The Morgan fingerprint density at radius 1 is 1.42 bits per heavy atom. The molecule has 3 heteroatoms. The molecule has 4 N–H and O–H groups in total. The first kappa shape index (κ1) is 7.55. The van der Waals surface area contributed by atoms with Crippen molar-refractivity contribution in [3.63, 3.8) is 0 Å². The van der Waals surface area contributed by atoms with Crippen LogP contribution >= 0.6 is 0 Å². The molecule has 0 saturated heterocycles. The highest BCUT2D eigenvalue weighted by molar-refractivity contribution is 5.55. The SMILES string of the molecule is Nc1cc(F)cc2c1[C@H](N)CC2. The number of nitrogen functional groups attached to an aromatic ring is 1. The van der Waals surface area contributed by atoms with Gasteiger partial charge < -0.3 is 11.5 Å². The fourth-order valence-corrected chi connectivity index (χ4v) is 1.81. The Morgan fingerprint density at radius 2 is 2.17 bits per heavy atom. The van der Waals surface area contributed by atoms with E-state index in [2.05, 4.69) is 0 Å². The second-order valence-electron chi connectivity index (χ2n) is 3.21. The number of aryl methyl sites for hydroxylation is 1. The quantitative estimate of drug-likeness (QED) is 0.571. The number of rotatable bonds is 0. The Bertz CT molecular complexity index is 323. The summed E-state index contributed by atoms with van der Waals surface area (Å²) in [5.41, 5.74) is 13.8. The molecule has 1 atom stereocenters. The average molecular weight is 166 g/mol. The monoisotopic (exact) mass is 166 g/mol. The Balaban J connectivity index is 2.60. The topological polar surface area (TPSA) is 52.0 Å². The van der Waals surface area contributed by atoms with Gasteiger partial charge >= 0.3 is 0 Å². The predicted octanol–water partition coefficient (Wildman–Crippen LogP) is 1.35. The van der Waals surface area contributed by atoms with Crippen molar-refractivity contribution >= 4 is 5.69 Å². The lowest BCUT2D eigenvalue weighted by molar-refractivity contribution is 0.626. The van der Waals surface area contributed by atoms with Crippen LogP contribution in [0.15, 0.2) is 12.1 Å². The van der Waals surface area contributed by atoms with Gasteiger partial charge in [-0.05, 0) is 36.1 Å². The smallest absolute Gasteiger partial charge is 0.125 e. The van der Waals surface area contributed by atoms with Gasteiger partial charge in [0.2, 0.25) is 0 Å². The third-order valence-electron chi connectivity index (χ3n) is 2.36. The second kappa shape index (κ2) is 2.45. The van der Waals surface area contributed by atoms with Crippen LogP contribution < -0.4 is 11.5 Å². The van der Waals surface area contributed by atoms with Crippen LogP contribution in [0.3, 0.4) is 0 Å². The number of hydrogen-bond acceptors (Lipinski definition) is 2. The standard InChI is InChI=1S/C9H11FN2/c10-6-3-5-1-2-7(11)9(5)8(12)4-6/h3-4,7H,1-2,11-12H2/t7-/m1/s1. The van der Waals surface area contributed by atoms with Gasteiger partial charge in [-0.3, -0.25) is 0 Å². The van der Waals surface area contributed by atoms with Crippen molar-refractivity contribution in [2.45, 2.75) is 18.9 Å². The molecule has 1 aliphatic rings. The van der Waals surface area contributed by atoms with Crippen molar-refractivity contribution in [3.8, 4) is 0 Å². The van der Waals surface area contributed by atoms with E-state index in [1.54, 1.807) is 0 Å². The zero-order chi connectivity index (χ0) is 8.72. The second-order valence-corrected chi connectivity index (χ2v) is 3.21. The van der Waals surface area contributed by atoms with E-state index in [-0.39, 0.29) is 11.9 Å². The maximum atomic E-state index is 12.8. The molecule has 0 bridgehead atoms. The normalized spacial score (nSPS) is 21.0. The first-order valence-corrected chi connectivity index (χ1v) is 4.02. The molecule has 0 aromatic heterocycles. The molecule has 0 fully saturated rings. The first-order valence-electron chi connectivity index (χ1n) is 4.02. The van der Waals surface area contributed by atoms with Crippen LogP contribution in [0, 0.1) is 5.82 Å². The molecule has 0 heterocycles. The highest BCUT2D eigenvalue weighted by Crippen LogP contribution is 2.34. The summed E-state index contributed by atoms with van der Waals surface area (Å²) in [6.45, 7) is 0. The number of benzene rings is 1. The van der Waals surface area contributed by atoms with E-state index in [1.165, 1.54) is 12.1 Å². The lowest BCUT2D eigenvalue weighted by Gasteiger charge is -2.07. The molecule has 0 radical (unpaired) electrons. The largest absolute Gasteiger partial charge is 0.398 e. The van der Waals surface area contributed by atoms with Gasteiger partial charge in [0.25, 0.3) is 0 Å². The van der Waals surface area contributed by atoms with Gasteiger partial charge in [-0.2, -0.15) is 0 Å². The zero-order valence-corrected chi connectivity index (χ0v) is 6.68. The van der Waals surface area contributed by atoms with Crippen LogP contribution in [0.5, 0.6) is 0 Å². The van der Waals surface area contributed by atoms with Crippen LogP contribution in [-0.2, 0) is 6.42 Å². The maximum absolute atomic E-state index is 12.8. The van der Waals surface area contributed by atoms with Gasteiger partial charge in [0.1, 0.15) is 5.82 Å². The maximum Gasteiger partial charge on any atom is 0.125 e. The summed E-state index contributed by atoms with van der Waals surface area (Å²) in [6, 6.07) is 2.86. The summed E-state index contributed by atoms with van der Waals surface area (Å²) in [4.78, 5) is 0. The Kier molecular flexibility index (Phi) is 1.54. The summed E-state index contributed by atoms with van der Waals surface area (Å²) in [5, 5.41) is 0. The third kappa shape index (κ3) is 0.975. The van der Waals surface area contributed by atoms with E-state index < -0.39 is 0 Å². The van der Waals surface area contributed by atoms with Crippen LogP contribution in [0.4, 0.5) is 10.1 Å². The van der Waals surface area contributed by atoms with Crippen LogP contribution in [0.25, 0.3) is 0 Å². The average Bonchev–Trinajstić information content (AvgIpc) is 2.31.